The number of carbonyl (C=O) groups excluding carboxylic acids is 2. The smallest absolute Gasteiger partial charge is 0.318 e. The second-order valence-corrected chi connectivity index (χ2v) is 6.25. The van der Waals surface area contributed by atoms with Crippen LogP contribution in [0.25, 0.3) is 0 Å². The molecule has 7 nitrogen and oxygen atoms in total. The zero-order valence-electron chi connectivity index (χ0n) is 14.6. The predicted molar refractivity (Wildman–Crippen MR) is 105 cm³/mol. The monoisotopic (exact) mass is 382 g/mol. The van der Waals surface area contributed by atoms with E-state index in [1.54, 1.807) is 54.0 Å². The van der Waals surface area contributed by atoms with Crippen LogP contribution >= 0.6 is 11.3 Å². The van der Waals surface area contributed by atoms with Gasteiger partial charge in [0, 0.05) is 29.4 Å². The van der Waals surface area contributed by atoms with E-state index in [-0.39, 0.29) is 11.9 Å². The Bertz CT molecular complexity index is 911. The molecule has 0 aliphatic heterocycles. The molecule has 1 aromatic heterocycles. The number of ether oxygens (including phenoxy) is 1. The molecule has 0 radical (unpaired) electrons. The van der Waals surface area contributed by atoms with Crippen molar-refractivity contribution in [2.24, 2.45) is 0 Å². The van der Waals surface area contributed by atoms with Gasteiger partial charge in [-0.15, -0.1) is 11.3 Å². The van der Waals surface area contributed by atoms with E-state index in [9.17, 15) is 9.59 Å². The number of nitrogens with zero attached hydrogens (tertiary/aromatic N) is 1. The average Bonchev–Trinajstić information content (AvgIpc) is 3.20. The summed E-state index contributed by atoms with van der Waals surface area (Å²) in [4.78, 5) is 27.9. The van der Waals surface area contributed by atoms with Gasteiger partial charge in [0.1, 0.15) is 12.4 Å². The number of benzene rings is 2. The Hall–Kier alpha value is -3.39. The summed E-state index contributed by atoms with van der Waals surface area (Å²) in [6.07, 6.45) is 0. The fourth-order valence-corrected chi connectivity index (χ4v) is 2.78. The minimum atomic E-state index is -0.327. The zero-order chi connectivity index (χ0) is 19.1. The van der Waals surface area contributed by atoms with E-state index in [1.807, 2.05) is 5.38 Å². The molecule has 0 atom stereocenters. The van der Waals surface area contributed by atoms with Crippen LogP contribution in [0, 0.1) is 0 Å². The maximum Gasteiger partial charge on any atom is 0.318 e. The Morgan fingerprint density at radius 2 is 1.81 bits per heavy atom. The molecule has 0 saturated carbocycles. The Morgan fingerprint density at radius 1 is 1.07 bits per heavy atom. The number of nitrogens with one attached hydrogen (secondary N) is 3. The number of amides is 3. The summed E-state index contributed by atoms with van der Waals surface area (Å²) >= 11 is 1.52. The zero-order valence-corrected chi connectivity index (χ0v) is 15.4. The first-order valence-corrected chi connectivity index (χ1v) is 9.08. The van der Waals surface area contributed by atoms with Crippen LogP contribution in [-0.4, -0.2) is 24.0 Å². The Kier molecular flexibility index (Phi) is 6.01. The molecule has 3 amide bonds. The van der Waals surface area contributed by atoms with E-state index in [0.29, 0.717) is 29.3 Å². The van der Waals surface area contributed by atoms with Crippen molar-refractivity contribution in [2.75, 3.05) is 17.7 Å². The van der Waals surface area contributed by atoms with Crippen LogP contribution < -0.4 is 20.7 Å². The number of hydrogen-bond acceptors (Lipinski definition) is 5. The van der Waals surface area contributed by atoms with Gasteiger partial charge < -0.3 is 20.7 Å². The van der Waals surface area contributed by atoms with Crippen molar-refractivity contribution in [3.05, 3.63) is 70.7 Å². The normalized spacial score (nSPS) is 10.1. The van der Waals surface area contributed by atoms with Gasteiger partial charge in [-0.25, -0.2) is 9.78 Å². The maximum absolute atomic E-state index is 12.4. The average molecular weight is 382 g/mol. The number of urea groups is 1. The van der Waals surface area contributed by atoms with E-state index in [1.165, 1.54) is 18.4 Å². The third kappa shape index (κ3) is 5.29. The Labute approximate surface area is 160 Å². The van der Waals surface area contributed by atoms with Gasteiger partial charge in [-0.2, -0.15) is 0 Å². The summed E-state index contributed by atoms with van der Waals surface area (Å²) in [5.74, 6) is 0.412. The molecule has 138 valence electrons. The second kappa shape index (κ2) is 8.81. The van der Waals surface area contributed by atoms with Crippen LogP contribution in [0.1, 0.15) is 16.1 Å². The summed E-state index contributed by atoms with van der Waals surface area (Å²) in [6.45, 7) is 0.389. The molecule has 0 fully saturated rings. The molecule has 0 unspecified atom stereocenters. The number of hydrogen-bond donors (Lipinski definition) is 3. The first kappa shape index (κ1) is 18.4. The van der Waals surface area contributed by atoms with E-state index in [4.69, 9.17) is 4.74 Å². The van der Waals surface area contributed by atoms with Crippen molar-refractivity contribution in [1.82, 2.24) is 10.3 Å². The summed E-state index contributed by atoms with van der Waals surface area (Å²) in [5, 5.41) is 9.86. The van der Waals surface area contributed by atoms with Crippen molar-refractivity contribution in [1.29, 1.82) is 0 Å². The van der Waals surface area contributed by atoms with Gasteiger partial charge in [-0.05, 0) is 42.5 Å². The van der Waals surface area contributed by atoms with Crippen LogP contribution in [0.5, 0.6) is 5.75 Å². The van der Waals surface area contributed by atoms with Crippen molar-refractivity contribution >= 4 is 34.6 Å². The highest BCUT2D eigenvalue weighted by Crippen LogP contribution is 2.18. The molecule has 1 heterocycles. The van der Waals surface area contributed by atoms with Gasteiger partial charge in [0.2, 0.25) is 0 Å². The maximum atomic E-state index is 12.4. The molecular formula is C19H18N4O3S. The lowest BCUT2D eigenvalue weighted by Gasteiger charge is -2.09. The third-order valence-electron chi connectivity index (χ3n) is 3.59. The predicted octanol–water partition coefficient (Wildman–Crippen LogP) is 3.73. The molecule has 3 N–H and O–H groups in total. The Morgan fingerprint density at radius 3 is 2.48 bits per heavy atom. The standard InChI is InChI=1S/C19H18N4O3S/c1-20-19(25)23-15-4-2-3-14(9-15)22-18(24)13-5-7-17(8-6-13)26-10-16-11-27-12-21-16/h2-9,11-12H,10H2,1H3,(H,22,24)(H2,20,23,25). The van der Waals surface area contributed by atoms with Crippen LogP contribution in [0.2, 0.25) is 0 Å². The number of thiazole rings is 1. The molecule has 0 aliphatic rings. The number of anilines is 2. The fourth-order valence-electron chi connectivity index (χ4n) is 2.24. The molecule has 0 saturated heterocycles. The molecule has 0 spiro atoms. The summed E-state index contributed by atoms with van der Waals surface area (Å²) in [5.41, 5.74) is 4.29. The third-order valence-corrected chi connectivity index (χ3v) is 4.23. The van der Waals surface area contributed by atoms with E-state index in [2.05, 4.69) is 20.9 Å². The van der Waals surface area contributed by atoms with E-state index in [0.717, 1.165) is 5.69 Å². The lowest BCUT2D eigenvalue weighted by molar-refractivity contribution is 0.102. The molecule has 3 aromatic rings. The summed E-state index contributed by atoms with van der Waals surface area (Å²) in [6, 6.07) is 13.4. The van der Waals surface area contributed by atoms with Gasteiger partial charge in [-0.3, -0.25) is 4.79 Å². The largest absolute Gasteiger partial charge is 0.487 e. The van der Waals surface area contributed by atoms with E-state index < -0.39 is 0 Å². The summed E-state index contributed by atoms with van der Waals surface area (Å²) in [7, 11) is 1.53. The SMILES string of the molecule is CNC(=O)Nc1cccc(NC(=O)c2ccc(OCc3cscn3)cc2)c1. The Balaban J connectivity index is 1.59. The quantitative estimate of drug-likeness (QED) is 0.606. The minimum absolute atomic E-state index is 0.252. The minimum Gasteiger partial charge on any atom is -0.487 e. The van der Waals surface area contributed by atoms with Crippen LogP contribution in [0.15, 0.2) is 59.4 Å². The van der Waals surface area contributed by atoms with Crippen LogP contribution in [-0.2, 0) is 6.61 Å². The lowest BCUT2D eigenvalue weighted by Crippen LogP contribution is -2.24. The molecular weight excluding hydrogens is 364 g/mol. The number of rotatable bonds is 6. The topological polar surface area (TPSA) is 92.4 Å². The first-order chi connectivity index (χ1) is 13.1. The van der Waals surface area contributed by atoms with E-state index >= 15 is 0 Å². The van der Waals surface area contributed by atoms with Crippen LogP contribution in [0.4, 0.5) is 16.2 Å². The molecule has 3 rings (SSSR count). The van der Waals surface area contributed by atoms with Gasteiger partial charge in [0.05, 0.1) is 11.2 Å². The highest BCUT2D eigenvalue weighted by Gasteiger charge is 2.08. The summed E-state index contributed by atoms with van der Waals surface area (Å²) < 4.78 is 5.63. The van der Waals surface area contributed by atoms with Gasteiger partial charge >= 0.3 is 6.03 Å². The van der Waals surface area contributed by atoms with Gasteiger partial charge in [0.25, 0.3) is 5.91 Å². The highest BCUT2D eigenvalue weighted by molar-refractivity contribution is 7.07. The molecule has 8 heteroatoms. The van der Waals surface area contributed by atoms with Crippen LogP contribution in [0.3, 0.4) is 0 Å². The molecule has 0 bridgehead atoms. The number of carbonyl (C=O) groups is 2. The molecule has 2 aromatic carbocycles. The molecule has 27 heavy (non-hydrogen) atoms. The number of aromatic nitrogens is 1. The van der Waals surface area contributed by atoms with Crippen molar-refractivity contribution < 1.29 is 14.3 Å². The first-order valence-electron chi connectivity index (χ1n) is 8.14. The van der Waals surface area contributed by atoms with Gasteiger partial charge in [0.15, 0.2) is 0 Å². The fraction of sp³-hybridized carbons (Fsp3) is 0.105. The van der Waals surface area contributed by atoms with Crippen molar-refractivity contribution in [3.63, 3.8) is 0 Å². The molecule has 0 aliphatic carbocycles. The van der Waals surface area contributed by atoms with Gasteiger partial charge in [-0.1, -0.05) is 6.07 Å². The van der Waals surface area contributed by atoms with Crippen molar-refractivity contribution in [2.45, 2.75) is 6.61 Å². The van der Waals surface area contributed by atoms with Crippen molar-refractivity contribution in [3.8, 4) is 5.75 Å². The second-order valence-electron chi connectivity index (χ2n) is 5.53. The highest BCUT2D eigenvalue weighted by atomic mass is 32.1. The lowest BCUT2D eigenvalue weighted by atomic mass is 10.2.